The minimum Gasteiger partial charge on any atom is -0.368 e. The van der Waals surface area contributed by atoms with E-state index in [9.17, 15) is 13.2 Å². The van der Waals surface area contributed by atoms with Gasteiger partial charge in [-0.25, -0.2) is 9.97 Å². The number of aromatic nitrogens is 4. The Kier molecular flexibility index (Phi) is 4.15. The van der Waals surface area contributed by atoms with Crippen LogP contribution in [0.2, 0.25) is 0 Å². The summed E-state index contributed by atoms with van der Waals surface area (Å²) < 4.78 is 39.0. The number of hydrogen-bond acceptors (Lipinski definition) is 4. The largest absolute Gasteiger partial charge is 0.435 e. The highest BCUT2D eigenvalue weighted by Gasteiger charge is 2.34. The van der Waals surface area contributed by atoms with Crippen molar-refractivity contribution in [2.75, 3.05) is 11.9 Å². The molecule has 114 valence electrons. The first-order chi connectivity index (χ1) is 9.75. The monoisotopic (exact) mass is 299 g/mol. The van der Waals surface area contributed by atoms with Crippen LogP contribution in [0.25, 0.3) is 0 Å². The molecule has 0 aliphatic rings. The van der Waals surface area contributed by atoms with Gasteiger partial charge in [-0.15, -0.1) is 0 Å². The smallest absolute Gasteiger partial charge is 0.368 e. The number of aryl methyl sites for hydroxylation is 3. The van der Waals surface area contributed by atoms with Crippen LogP contribution in [-0.2, 0) is 12.7 Å². The van der Waals surface area contributed by atoms with E-state index in [4.69, 9.17) is 0 Å². The van der Waals surface area contributed by atoms with Crippen LogP contribution in [0.5, 0.6) is 0 Å². The van der Waals surface area contributed by atoms with E-state index in [0.29, 0.717) is 30.4 Å². The molecule has 0 saturated heterocycles. The molecule has 0 amide bonds. The third-order valence-electron chi connectivity index (χ3n) is 2.87. The van der Waals surface area contributed by atoms with Crippen LogP contribution in [-0.4, -0.2) is 26.3 Å². The molecule has 0 aliphatic heterocycles. The van der Waals surface area contributed by atoms with Crippen LogP contribution < -0.4 is 5.32 Å². The molecule has 0 aromatic carbocycles. The van der Waals surface area contributed by atoms with Crippen LogP contribution >= 0.6 is 0 Å². The lowest BCUT2D eigenvalue weighted by molar-refractivity contribution is -0.141. The SMILES string of the molecule is Cc1cc(NCCn2nc(C(F)(F)F)cc2C)nc(C)n1. The molecular formula is C13H16F3N5. The molecule has 0 aliphatic carbocycles. The third kappa shape index (κ3) is 3.93. The molecule has 2 aromatic heterocycles. The molecular weight excluding hydrogens is 283 g/mol. The fourth-order valence-corrected chi connectivity index (χ4v) is 1.97. The Morgan fingerprint density at radius 2 is 1.86 bits per heavy atom. The molecule has 2 aromatic rings. The van der Waals surface area contributed by atoms with Crippen LogP contribution in [0.3, 0.4) is 0 Å². The first-order valence-corrected chi connectivity index (χ1v) is 6.43. The van der Waals surface area contributed by atoms with Gasteiger partial charge in [-0.05, 0) is 26.8 Å². The van der Waals surface area contributed by atoms with Gasteiger partial charge in [0.05, 0.1) is 6.54 Å². The first-order valence-electron chi connectivity index (χ1n) is 6.43. The summed E-state index contributed by atoms with van der Waals surface area (Å²) in [6.45, 7) is 5.99. The van der Waals surface area contributed by atoms with E-state index in [1.165, 1.54) is 4.68 Å². The molecule has 2 rings (SSSR count). The predicted molar refractivity (Wildman–Crippen MR) is 72.0 cm³/mol. The zero-order valence-electron chi connectivity index (χ0n) is 12.0. The van der Waals surface area contributed by atoms with E-state index in [1.807, 2.05) is 6.92 Å². The van der Waals surface area contributed by atoms with E-state index in [1.54, 1.807) is 19.9 Å². The number of alkyl halides is 3. The van der Waals surface area contributed by atoms with Gasteiger partial charge in [-0.3, -0.25) is 4.68 Å². The van der Waals surface area contributed by atoms with Crippen LogP contribution in [0.1, 0.15) is 22.9 Å². The topological polar surface area (TPSA) is 55.6 Å². The summed E-state index contributed by atoms with van der Waals surface area (Å²) in [5, 5.41) is 6.62. The van der Waals surface area contributed by atoms with Gasteiger partial charge in [-0.2, -0.15) is 18.3 Å². The average Bonchev–Trinajstić information content (AvgIpc) is 2.69. The Morgan fingerprint density at radius 1 is 1.14 bits per heavy atom. The average molecular weight is 299 g/mol. The normalized spacial score (nSPS) is 11.7. The van der Waals surface area contributed by atoms with E-state index >= 15 is 0 Å². The van der Waals surface area contributed by atoms with E-state index < -0.39 is 11.9 Å². The van der Waals surface area contributed by atoms with Crippen molar-refractivity contribution in [1.82, 2.24) is 19.7 Å². The van der Waals surface area contributed by atoms with Crippen molar-refractivity contribution >= 4 is 5.82 Å². The first kappa shape index (κ1) is 15.3. The zero-order chi connectivity index (χ0) is 15.6. The van der Waals surface area contributed by atoms with Gasteiger partial charge in [0.2, 0.25) is 0 Å². The Morgan fingerprint density at radius 3 is 2.43 bits per heavy atom. The number of hydrogen-bond donors (Lipinski definition) is 1. The quantitative estimate of drug-likeness (QED) is 0.943. The van der Waals surface area contributed by atoms with Crippen molar-refractivity contribution in [1.29, 1.82) is 0 Å². The summed E-state index contributed by atoms with van der Waals surface area (Å²) in [6.07, 6.45) is -4.41. The summed E-state index contributed by atoms with van der Waals surface area (Å²) in [4.78, 5) is 8.35. The molecule has 2 heterocycles. The van der Waals surface area contributed by atoms with Crippen LogP contribution in [0.4, 0.5) is 19.0 Å². The molecule has 0 spiro atoms. The summed E-state index contributed by atoms with van der Waals surface area (Å²) >= 11 is 0. The van der Waals surface area contributed by atoms with Crippen molar-refractivity contribution in [3.05, 3.63) is 35.0 Å². The van der Waals surface area contributed by atoms with Gasteiger partial charge in [-0.1, -0.05) is 0 Å². The minimum atomic E-state index is -4.41. The molecule has 0 bridgehead atoms. The number of nitrogens with zero attached hydrogens (tertiary/aromatic N) is 4. The second kappa shape index (κ2) is 5.71. The molecule has 0 unspecified atom stereocenters. The van der Waals surface area contributed by atoms with Crippen LogP contribution in [0.15, 0.2) is 12.1 Å². The highest BCUT2D eigenvalue weighted by molar-refractivity contribution is 5.35. The van der Waals surface area contributed by atoms with E-state index in [-0.39, 0.29) is 0 Å². The van der Waals surface area contributed by atoms with Crippen molar-refractivity contribution in [2.24, 2.45) is 0 Å². The van der Waals surface area contributed by atoms with Crippen LogP contribution in [0, 0.1) is 20.8 Å². The Balaban J connectivity index is 1.99. The van der Waals surface area contributed by atoms with Gasteiger partial charge in [0.25, 0.3) is 0 Å². The maximum Gasteiger partial charge on any atom is 0.435 e. The van der Waals surface area contributed by atoms with Gasteiger partial charge >= 0.3 is 6.18 Å². The number of nitrogens with one attached hydrogen (secondary N) is 1. The van der Waals surface area contributed by atoms with E-state index in [0.717, 1.165) is 11.8 Å². The van der Waals surface area contributed by atoms with E-state index in [2.05, 4.69) is 20.4 Å². The predicted octanol–water partition coefficient (Wildman–Crippen LogP) is 2.73. The summed E-state index contributed by atoms with van der Waals surface area (Å²) in [6, 6.07) is 2.82. The maximum absolute atomic E-state index is 12.5. The lowest BCUT2D eigenvalue weighted by Gasteiger charge is -2.08. The van der Waals surface area contributed by atoms with Gasteiger partial charge in [0.15, 0.2) is 5.69 Å². The van der Waals surface area contributed by atoms with Crippen molar-refractivity contribution < 1.29 is 13.2 Å². The fraction of sp³-hybridized carbons (Fsp3) is 0.462. The Hall–Kier alpha value is -2.12. The number of rotatable bonds is 4. The summed E-state index contributed by atoms with van der Waals surface area (Å²) in [5.41, 5.74) is 0.438. The highest BCUT2D eigenvalue weighted by Crippen LogP contribution is 2.28. The number of halogens is 3. The lowest BCUT2D eigenvalue weighted by Crippen LogP contribution is -2.15. The lowest BCUT2D eigenvalue weighted by atomic mass is 10.3. The Labute approximate surface area is 120 Å². The van der Waals surface area contributed by atoms with Gasteiger partial charge in [0, 0.05) is 24.0 Å². The second-order valence-electron chi connectivity index (χ2n) is 4.76. The summed E-state index contributed by atoms with van der Waals surface area (Å²) in [7, 11) is 0. The maximum atomic E-state index is 12.5. The summed E-state index contributed by atoms with van der Waals surface area (Å²) in [5.74, 6) is 1.30. The molecule has 0 fully saturated rings. The van der Waals surface area contributed by atoms with Crippen molar-refractivity contribution in [2.45, 2.75) is 33.5 Å². The van der Waals surface area contributed by atoms with Crippen molar-refractivity contribution in [3.63, 3.8) is 0 Å². The number of anilines is 1. The standard InChI is InChI=1S/C13H16F3N5/c1-8-6-12(19-10(3)18-8)17-4-5-21-9(2)7-11(20-21)13(14,15)16/h6-7H,4-5H2,1-3H3,(H,17,18,19). The van der Waals surface area contributed by atoms with Gasteiger partial charge in [0.1, 0.15) is 11.6 Å². The molecule has 0 atom stereocenters. The molecule has 0 saturated carbocycles. The molecule has 5 nitrogen and oxygen atoms in total. The second-order valence-corrected chi connectivity index (χ2v) is 4.76. The molecule has 1 N–H and O–H groups in total. The van der Waals surface area contributed by atoms with Crippen molar-refractivity contribution in [3.8, 4) is 0 Å². The van der Waals surface area contributed by atoms with Gasteiger partial charge < -0.3 is 5.32 Å². The molecule has 0 radical (unpaired) electrons. The minimum absolute atomic E-state index is 0.323. The Bertz CT molecular complexity index is 613. The third-order valence-corrected chi connectivity index (χ3v) is 2.87. The molecule has 21 heavy (non-hydrogen) atoms. The highest BCUT2D eigenvalue weighted by atomic mass is 19.4. The molecule has 8 heteroatoms. The fourth-order valence-electron chi connectivity index (χ4n) is 1.97. The zero-order valence-corrected chi connectivity index (χ0v) is 12.0.